The highest BCUT2D eigenvalue weighted by Crippen LogP contribution is 2.17. The third-order valence-corrected chi connectivity index (χ3v) is 13.4. The molecule has 0 aliphatic carbocycles. The van der Waals surface area contributed by atoms with Gasteiger partial charge in [0.05, 0.1) is 0 Å². The number of rotatable bonds is 55. The second kappa shape index (κ2) is 57.2. The van der Waals surface area contributed by atoms with Crippen molar-refractivity contribution < 1.29 is 28.6 Å². The van der Waals surface area contributed by atoms with Gasteiger partial charge in [0.1, 0.15) is 13.2 Å². The molecule has 0 radical (unpaired) electrons. The molecule has 0 aliphatic heterocycles. The number of allylic oxidation sites excluding steroid dienone is 6. The number of unbranched alkanes of at least 4 members (excludes halogenated alkanes) is 38. The van der Waals surface area contributed by atoms with E-state index in [1.54, 1.807) is 0 Å². The van der Waals surface area contributed by atoms with Crippen LogP contribution in [-0.4, -0.2) is 37.2 Å². The van der Waals surface area contributed by atoms with Crippen molar-refractivity contribution in [2.75, 3.05) is 13.2 Å². The Morgan fingerprint density at radius 2 is 0.529 bits per heavy atom. The molecule has 6 nitrogen and oxygen atoms in total. The van der Waals surface area contributed by atoms with Gasteiger partial charge in [-0.1, -0.05) is 263 Å². The molecule has 0 bridgehead atoms. The first kappa shape index (κ1) is 65.6. The smallest absolute Gasteiger partial charge is 0.306 e. The van der Waals surface area contributed by atoms with Gasteiger partial charge in [-0.05, 0) is 77.0 Å². The van der Waals surface area contributed by atoms with Crippen molar-refractivity contribution in [3.63, 3.8) is 0 Å². The summed E-state index contributed by atoms with van der Waals surface area (Å²) < 4.78 is 16.9. The van der Waals surface area contributed by atoms with Gasteiger partial charge in [-0.15, -0.1) is 0 Å². The molecule has 6 heteroatoms. The average Bonchev–Trinajstić information content (AvgIpc) is 3.34. The zero-order valence-electron chi connectivity index (χ0n) is 45.6. The van der Waals surface area contributed by atoms with Crippen molar-refractivity contribution in [1.82, 2.24) is 0 Å². The van der Waals surface area contributed by atoms with Crippen LogP contribution in [0.2, 0.25) is 0 Å². The van der Waals surface area contributed by atoms with Crippen LogP contribution in [0.3, 0.4) is 0 Å². The van der Waals surface area contributed by atoms with E-state index >= 15 is 0 Å². The van der Waals surface area contributed by atoms with Crippen LogP contribution in [0.5, 0.6) is 0 Å². The van der Waals surface area contributed by atoms with Gasteiger partial charge in [-0.25, -0.2) is 0 Å². The number of carbonyl (C=O) groups is 3. The molecule has 1 unspecified atom stereocenters. The predicted molar refractivity (Wildman–Crippen MR) is 293 cm³/mol. The lowest BCUT2D eigenvalue weighted by molar-refractivity contribution is -0.167. The normalized spacial score (nSPS) is 12.2. The monoisotopic (exact) mass is 955 g/mol. The van der Waals surface area contributed by atoms with E-state index in [9.17, 15) is 14.4 Å². The molecule has 0 aliphatic rings. The van der Waals surface area contributed by atoms with Crippen LogP contribution in [0.25, 0.3) is 0 Å². The topological polar surface area (TPSA) is 78.9 Å². The van der Waals surface area contributed by atoms with Crippen molar-refractivity contribution in [3.05, 3.63) is 36.5 Å². The molecule has 1 atom stereocenters. The first-order valence-electron chi connectivity index (χ1n) is 30.0. The van der Waals surface area contributed by atoms with Gasteiger partial charge in [0.15, 0.2) is 6.10 Å². The fraction of sp³-hybridized carbons (Fsp3) is 0.855. The SMILES string of the molecule is CCCCCC/C=C\C/C=C\CCCCCCCCCC(=O)OCC(COC(=O)CCCCCCC/C=C\CCCCCCCC)OC(=O)CCCCCCCCCCCCCCCCCCC. The molecule has 0 aromatic carbocycles. The second-order valence-electron chi connectivity index (χ2n) is 20.3. The van der Waals surface area contributed by atoms with Gasteiger partial charge in [0, 0.05) is 19.3 Å². The van der Waals surface area contributed by atoms with E-state index in [0.29, 0.717) is 19.3 Å². The summed E-state index contributed by atoms with van der Waals surface area (Å²) in [5.74, 6) is -0.871. The molecule has 0 aromatic heterocycles. The van der Waals surface area contributed by atoms with Crippen LogP contribution in [0.1, 0.15) is 323 Å². The summed E-state index contributed by atoms with van der Waals surface area (Å²) in [6.45, 7) is 6.65. The molecule has 0 saturated heterocycles. The zero-order chi connectivity index (χ0) is 49.3. The quantitative estimate of drug-likeness (QED) is 0.0262. The molecule has 0 aromatic rings. The summed E-state index contributed by atoms with van der Waals surface area (Å²) in [7, 11) is 0. The van der Waals surface area contributed by atoms with Crippen molar-refractivity contribution in [1.29, 1.82) is 0 Å². The van der Waals surface area contributed by atoms with Crippen LogP contribution in [0.15, 0.2) is 36.5 Å². The summed E-state index contributed by atoms with van der Waals surface area (Å²) in [5, 5.41) is 0. The number of hydrogen-bond donors (Lipinski definition) is 0. The number of hydrogen-bond acceptors (Lipinski definition) is 6. The summed E-state index contributed by atoms with van der Waals surface area (Å²) in [4.78, 5) is 38.2. The van der Waals surface area contributed by atoms with Gasteiger partial charge < -0.3 is 14.2 Å². The van der Waals surface area contributed by atoms with Crippen LogP contribution in [-0.2, 0) is 28.6 Å². The van der Waals surface area contributed by atoms with Gasteiger partial charge in [0.2, 0.25) is 0 Å². The van der Waals surface area contributed by atoms with E-state index in [1.807, 2.05) is 0 Å². The second-order valence-corrected chi connectivity index (χ2v) is 20.3. The average molecular weight is 956 g/mol. The Labute approximate surface area is 423 Å². The van der Waals surface area contributed by atoms with E-state index in [2.05, 4.69) is 57.2 Å². The number of ether oxygens (including phenoxy) is 3. The van der Waals surface area contributed by atoms with E-state index in [1.165, 1.54) is 205 Å². The lowest BCUT2D eigenvalue weighted by Crippen LogP contribution is -2.30. The minimum Gasteiger partial charge on any atom is -0.462 e. The van der Waals surface area contributed by atoms with Crippen LogP contribution < -0.4 is 0 Å². The van der Waals surface area contributed by atoms with Crippen LogP contribution in [0, 0.1) is 0 Å². The highest BCUT2D eigenvalue weighted by molar-refractivity contribution is 5.71. The lowest BCUT2D eigenvalue weighted by atomic mass is 10.0. The Hall–Kier alpha value is -2.37. The Balaban J connectivity index is 4.36. The highest BCUT2D eigenvalue weighted by atomic mass is 16.6. The largest absolute Gasteiger partial charge is 0.462 e. The summed E-state index contributed by atoms with van der Waals surface area (Å²) >= 11 is 0. The third kappa shape index (κ3) is 54.6. The van der Waals surface area contributed by atoms with E-state index in [-0.39, 0.29) is 31.1 Å². The molecule has 0 N–H and O–H groups in total. The molecule has 0 saturated carbocycles. The summed E-state index contributed by atoms with van der Waals surface area (Å²) in [6, 6.07) is 0. The maximum Gasteiger partial charge on any atom is 0.306 e. The molecular formula is C62H114O6. The highest BCUT2D eigenvalue weighted by Gasteiger charge is 2.19. The molecule has 68 heavy (non-hydrogen) atoms. The molecule has 0 heterocycles. The van der Waals surface area contributed by atoms with E-state index < -0.39 is 6.10 Å². The van der Waals surface area contributed by atoms with Gasteiger partial charge >= 0.3 is 17.9 Å². The minimum absolute atomic E-state index is 0.0753. The number of carbonyl (C=O) groups excluding carboxylic acids is 3. The number of esters is 3. The van der Waals surface area contributed by atoms with Gasteiger partial charge in [-0.2, -0.15) is 0 Å². The third-order valence-electron chi connectivity index (χ3n) is 13.4. The molecule has 0 rings (SSSR count). The fourth-order valence-corrected chi connectivity index (χ4v) is 8.82. The van der Waals surface area contributed by atoms with E-state index in [0.717, 1.165) is 77.0 Å². The first-order chi connectivity index (χ1) is 33.5. The summed E-state index contributed by atoms with van der Waals surface area (Å²) in [5.41, 5.74) is 0. The first-order valence-corrected chi connectivity index (χ1v) is 30.0. The Morgan fingerprint density at radius 1 is 0.294 bits per heavy atom. The standard InChI is InChI=1S/C62H114O6/c1-4-7-10-13-16-19-22-25-28-30-32-34-37-40-43-46-49-52-55-61(64)67-58-59(57-66-60(63)54-51-48-45-42-39-36-33-27-24-21-18-15-12-9-6-3)68-62(65)56-53-50-47-44-41-38-35-31-29-26-23-20-17-14-11-8-5-2/h19,22,27-28,30,33,59H,4-18,20-21,23-26,29,31-32,34-58H2,1-3H3/b22-19-,30-28-,33-27-. The lowest BCUT2D eigenvalue weighted by Gasteiger charge is -2.18. The maximum absolute atomic E-state index is 12.9. The Kier molecular flexibility index (Phi) is 55.2. The van der Waals surface area contributed by atoms with Crippen LogP contribution >= 0.6 is 0 Å². The molecule has 0 fully saturated rings. The zero-order valence-corrected chi connectivity index (χ0v) is 45.6. The minimum atomic E-state index is -0.776. The van der Waals surface area contributed by atoms with Gasteiger partial charge in [-0.3, -0.25) is 14.4 Å². The van der Waals surface area contributed by atoms with Crippen molar-refractivity contribution in [2.45, 2.75) is 329 Å². The molecular weight excluding hydrogens is 841 g/mol. The molecule has 0 amide bonds. The predicted octanol–water partition coefficient (Wildman–Crippen LogP) is 20.0. The van der Waals surface area contributed by atoms with Gasteiger partial charge in [0.25, 0.3) is 0 Å². The van der Waals surface area contributed by atoms with Crippen molar-refractivity contribution in [3.8, 4) is 0 Å². The van der Waals surface area contributed by atoms with Crippen molar-refractivity contribution >= 4 is 17.9 Å². The van der Waals surface area contributed by atoms with Crippen LogP contribution in [0.4, 0.5) is 0 Å². The Morgan fingerprint density at radius 3 is 0.838 bits per heavy atom. The maximum atomic E-state index is 12.9. The fourth-order valence-electron chi connectivity index (χ4n) is 8.82. The molecule has 398 valence electrons. The Bertz CT molecular complexity index is 1140. The summed E-state index contributed by atoms with van der Waals surface area (Å²) in [6.07, 6.45) is 68.5. The molecule has 0 spiro atoms. The van der Waals surface area contributed by atoms with Crippen molar-refractivity contribution in [2.24, 2.45) is 0 Å². The van der Waals surface area contributed by atoms with E-state index in [4.69, 9.17) is 14.2 Å².